The minimum Gasteiger partial charge on any atom is -0.469 e. The molecule has 2 aromatic heterocycles. The molecule has 0 aliphatic heterocycles. The Morgan fingerprint density at radius 1 is 1.44 bits per heavy atom. The van der Waals surface area contributed by atoms with Gasteiger partial charge in [0.1, 0.15) is 5.76 Å². The van der Waals surface area contributed by atoms with Gasteiger partial charge in [-0.15, -0.1) is 0 Å². The van der Waals surface area contributed by atoms with Crippen molar-refractivity contribution in [2.75, 3.05) is 0 Å². The Morgan fingerprint density at radius 3 is 3.00 bits per heavy atom. The van der Waals surface area contributed by atoms with Crippen LogP contribution in [0.15, 0.2) is 27.3 Å². The molecule has 0 saturated carbocycles. The molecular weight excluding hydrogens is 206 g/mol. The summed E-state index contributed by atoms with van der Waals surface area (Å²) in [4.78, 5) is 4.25. The van der Waals surface area contributed by atoms with Crippen molar-refractivity contribution in [2.45, 2.75) is 32.2 Å². The highest BCUT2D eigenvalue weighted by Gasteiger charge is 2.08. The first-order valence-electron chi connectivity index (χ1n) is 5.33. The number of rotatable bonds is 5. The summed E-state index contributed by atoms with van der Waals surface area (Å²) in [5, 5.41) is 3.86. The van der Waals surface area contributed by atoms with Gasteiger partial charge in [-0.1, -0.05) is 5.16 Å². The third kappa shape index (κ3) is 2.93. The van der Waals surface area contributed by atoms with Gasteiger partial charge in [-0.2, -0.15) is 4.98 Å². The molecule has 0 aromatic carbocycles. The Balaban J connectivity index is 1.88. The lowest BCUT2D eigenvalue weighted by Crippen LogP contribution is -2.18. The highest BCUT2D eigenvalue weighted by molar-refractivity contribution is 5.00. The van der Waals surface area contributed by atoms with Gasteiger partial charge in [0.15, 0.2) is 5.82 Å². The first-order valence-corrected chi connectivity index (χ1v) is 5.33. The van der Waals surface area contributed by atoms with E-state index in [1.54, 1.807) is 6.26 Å². The van der Waals surface area contributed by atoms with Crippen LogP contribution in [0.3, 0.4) is 0 Å². The second-order valence-corrected chi connectivity index (χ2v) is 3.87. The van der Waals surface area contributed by atoms with E-state index >= 15 is 0 Å². The van der Waals surface area contributed by atoms with Crippen LogP contribution in [0.5, 0.6) is 0 Å². The van der Waals surface area contributed by atoms with E-state index in [0.29, 0.717) is 24.6 Å². The van der Waals surface area contributed by atoms with Gasteiger partial charge in [0, 0.05) is 25.3 Å². The lowest BCUT2D eigenvalue weighted by molar-refractivity contribution is 0.368. The molecule has 0 spiro atoms. The number of nitrogens with two attached hydrogens (primary N) is 1. The summed E-state index contributed by atoms with van der Waals surface area (Å²) in [6, 6.07) is 3.85. The molecule has 0 amide bonds. The molecule has 5 nitrogen and oxygen atoms in total. The zero-order valence-electron chi connectivity index (χ0n) is 9.22. The maximum Gasteiger partial charge on any atom is 0.227 e. The van der Waals surface area contributed by atoms with E-state index in [-0.39, 0.29) is 6.04 Å². The summed E-state index contributed by atoms with van der Waals surface area (Å²) >= 11 is 0. The third-order valence-electron chi connectivity index (χ3n) is 2.18. The first-order chi connectivity index (χ1) is 7.74. The topological polar surface area (TPSA) is 78.1 Å². The van der Waals surface area contributed by atoms with E-state index < -0.39 is 0 Å². The molecule has 0 aliphatic carbocycles. The molecule has 0 fully saturated rings. The molecule has 0 bridgehead atoms. The fourth-order valence-corrected chi connectivity index (χ4v) is 1.45. The van der Waals surface area contributed by atoms with Crippen molar-refractivity contribution < 1.29 is 8.94 Å². The number of furan rings is 1. The quantitative estimate of drug-likeness (QED) is 0.824. The maximum absolute atomic E-state index is 5.65. The number of hydrogen-bond donors (Lipinski definition) is 1. The standard InChI is InChI=1S/C11H15N3O2/c1-8(12)7-10-13-11(16-14-10)5-4-9-3-2-6-15-9/h2-3,6,8H,4-5,7,12H2,1H3. The van der Waals surface area contributed by atoms with E-state index in [9.17, 15) is 0 Å². The normalized spacial score (nSPS) is 12.9. The van der Waals surface area contributed by atoms with E-state index in [1.807, 2.05) is 19.1 Å². The van der Waals surface area contributed by atoms with Crippen molar-refractivity contribution in [3.05, 3.63) is 35.9 Å². The summed E-state index contributed by atoms with van der Waals surface area (Å²) in [5.41, 5.74) is 5.65. The molecule has 86 valence electrons. The SMILES string of the molecule is CC(N)Cc1noc(CCc2ccco2)n1. The molecular formula is C11H15N3O2. The Kier molecular flexibility index (Phi) is 3.36. The van der Waals surface area contributed by atoms with Gasteiger partial charge in [-0.05, 0) is 19.1 Å². The Morgan fingerprint density at radius 2 is 2.31 bits per heavy atom. The molecule has 16 heavy (non-hydrogen) atoms. The van der Waals surface area contributed by atoms with Crippen LogP contribution < -0.4 is 5.73 Å². The monoisotopic (exact) mass is 221 g/mol. The van der Waals surface area contributed by atoms with Gasteiger partial charge in [-0.3, -0.25) is 0 Å². The van der Waals surface area contributed by atoms with Gasteiger partial charge in [0.2, 0.25) is 5.89 Å². The highest BCUT2D eigenvalue weighted by atomic mass is 16.5. The van der Waals surface area contributed by atoms with Crippen molar-refractivity contribution in [1.29, 1.82) is 0 Å². The second-order valence-electron chi connectivity index (χ2n) is 3.87. The molecule has 0 saturated heterocycles. The van der Waals surface area contributed by atoms with Crippen molar-refractivity contribution >= 4 is 0 Å². The largest absolute Gasteiger partial charge is 0.469 e. The Hall–Kier alpha value is -1.62. The highest BCUT2D eigenvalue weighted by Crippen LogP contribution is 2.07. The molecule has 2 aromatic rings. The summed E-state index contributed by atoms with van der Waals surface area (Å²) in [7, 11) is 0. The number of aromatic nitrogens is 2. The first kappa shape index (κ1) is 10.9. The number of aryl methyl sites for hydroxylation is 2. The summed E-state index contributed by atoms with van der Waals surface area (Å²) < 4.78 is 10.3. The summed E-state index contributed by atoms with van der Waals surface area (Å²) in [6.45, 7) is 1.92. The van der Waals surface area contributed by atoms with Crippen LogP contribution in [0, 0.1) is 0 Å². The van der Waals surface area contributed by atoms with E-state index in [4.69, 9.17) is 14.7 Å². The molecule has 1 atom stereocenters. The van der Waals surface area contributed by atoms with Gasteiger partial charge in [0.25, 0.3) is 0 Å². The molecule has 0 radical (unpaired) electrons. The van der Waals surface area contributed by atoms with Crippen molar-refractivity contribution in [3.63, 3.8) is 0 Å². The lowest BCUT2D eigenvalue weighted by atomic mass is 10.2. The predicted molar refractivity (Wildman–Crippen MR) is 57.8 cm³/mol. The molecule has 2 rings (SSSR count). The minimum atomic E-state index is 0.0514. The summed E-state index contributed by atoms with van der Waals surface area (Å²) in [6.07, 6.45) is 3.77. The maximum atomic E-state index is 5.65. The average molecular weight is 221 g/mol. The van der Waals surface area contributed by atoms with Crippen molar-refractivity contribution in [2.24, 2.45) is 5.73 Å². The van der Waals surface area contributed by atoms with E-state index in [0.717, 1.165) is 12.2 Å². The average Bonchev–Trinajstić information content (AvgIpc) is 2.84. The number of hydrogen-bond acceptors (Lipinski definition) is 5. The van der Waals surface area contributed by atoms with Gasteiger partial charge in [-0.25, -0.2) is 0 Å². The lowest BCUT2D eigenvalue weighted by Gasteiger charge is -1.96. The fourth-order valence-electron chi connectivity index (χ4n) is 1.45. The van der Waals surface area contributed by atoms with Crippen molar-refractivity contribution in [3.8, 4) is 0 Å². The molecule has 5 heteroatoms. The van der Waals surface area contributed by atoms with Crippen molar-refractivity contribution in [1.82, 2.24) is 10.1 Å². The van der Waals surface area contributed by atoms with Crippen LogP contribution in [0.1, 0.15) is 24.4 Å². The fraction of sp³-hybridized carbons (Fsp3) is 0.455. The minimum absolute atomic E-state index is 0.0514. The van der Waals surface area contributed by atoms with Crippen LogP contribution in [0.2, 0.25) is 0 Å². The molecule has 0 aliphatic rings. The van der Waals surface area contributed by atoms with Crippen LogP contribution in [-0.2, 0) is 19.3 Å². The molecule has 2 N–H and O–H groups in total. The molecule has 2 heterocycles. The van der Waals surface area contributed by atoms with E-state index in [1.165, 1.54) is 0 Å². The Bertz CT molecular complexity index is 420. The van der Waals surface area contributed by atoms with Gasteiger partial charge >= 0.3 is 0 Å². The van der Waals surface area contributed by atoms with Gasteiger partial charge in [0.05, 0.1) is 6.26 Å². The van der Waals surface area contributed by atoms with Crippen LogP contribution >= 0.6 is 0 Å². The third-order valence-corrected chi connectivity index (χ3v) is 2.18. The smallest absolute Gasteiger partial charge is 0.227 e. The van der Waals surface area contributed by atoms with Gasteiger partial charge < -0.3 is 14.7 Å². The molecule has 1 unspecified atom stereocenters. The van der Waals surface area contributed by atoms with E-state index in [2.05, 4.69) is 10.1 Å². The van der Waals surface area contributed by atoms with Crippen LogP contribution in [0.25, 0.3) is 0 Å². The second kappa shape index (κ2) is 4.94. The Labute approximate surface area is 93.6 Å². The van der Waals surface area contributed by atoms with Crippen LogP contribution in [0.4, 0.5) is 0 Å². The summed E-state index contributed by atoms with van der Waals surface area (Å²) in [5.74, 6) is 2.23. The zero-order valence-corrected chi connectivity index (χ0v) is 9.22. The predicted octanol–water partition coefficient (Wildman–Crippen LogP) is 1.34. The number of nitrogens with zero attached hydrogens (tertiary/aromatic N) is 2. The van der Waals surface area contributed by atoms with Crippen LogP contribution in [-0.4, -0.2) is 16.2 Å². The zero-order chi connectivity index (χ0) is 11.4.